The predicted octanol–water partition coefficient (Wildman–Crippen LogP) is 3.78. The van der Waals surface area contributed by atoms with Crippen LogP contribution in [0.4, 0.5) is 0 Å². The maximum atomic E-state index is 12.8. The molecule has 1 N–H and O–H groups in total. The number of carbonyl (C=O) groups excluding carboxylic acids is 2. The maximum Gasteiger partial charge on any atom is 0.338 e. The topological polar surface area (TPSA) is 117 Å². The van der Waals surface area contributed by atoms with Crippen LogP contribution in [0.3, 0.4) is 0 Å². The van der Waals surface area contributed by atoms with E-state index >= 15 is 0 Å². The molecule has 0 spiro atoms. The van der Waals surface area contributed by atoms with E-state index in [0.29, 0.717) is 22.0 Å². The number of esters is 2. The van der Waals surface area contributed by atoms with Crippen LogP contribution in [0.15, 0.2) is 64.3 Å². The Kier molecular flexibility index (Phi) is 7.93. The van der Waals surface area contributed by atoms with Crippen LogP contribution in [-0.4, -0.2) is 40.3 Å². The quantitative estimate of drug-likeness (QED) is 0.460. The van der Waals surface area contributed by atoms with E-state index in [9.17, 15) is 19.2 Å². The third kappa shape index (κ3) is 5.70. The number of hydrogen-bond acceptors (Lipinski definition) is 7. The van der Waals surface area contributed by atoms with Gasteiger partial charge < -0.3 is 19.2 Å². The third-order valence-corrected chi connectivity index (χ3v) is 6.23. The van der Waals surface area contributed by atoms with E-state index in [1.54, 1.807) is 31.2 Å². The lowest BCUT2D eigenvalue weighted by atomic mass is 10.1. The summed E-state index contributed by atoms with van der Waals surface area (Å²) in [5, 5.41) is 0.921. The minimum absolute atomic E-state index is 0.00134. The van der Waals surface area contributed by atoms with Crippen LogP contribution >= 0.6 is 23.2 Å². The lowest BCUT2D eigenvalue weighted by molar-refractivity contribution is -0.0590. The van der Waals surface area contributed by atoms with Gasteiger partial charge >= 0.3 is 17.6 Å². The van der Waals surface area contributed by atoms with Crippen LogP contribution in [0.5, 0.6) is 0 Å². The van der Waals surface area contributed by atoms with Gasteiger partial charge in [-0.05, 0) is 55.0 Å². The Morgan fingerprint density at radius 1 is 1.00 bits per heavy atom. The zero-order valence-corrected chi connectivity index (χ0v) is 20.6. The summed E-state index contributed by atoms with van der Waals surface area (Å²) >= 11 is 11.7. The summed E-state index contributed by atoms with van der Waals surface area (Å²) in [4.78, 5) is 53.1. The highest BCUT2D eigenvalue weighted by Crippen LogP contribution is 2.30. The molecule has 11 heteroatoms. The minimum atomic E-state index is -1.03. The largest absolute Gasteiger partial charge is 0.459 e. The Labute approximate surface area is 215 Å². The molecule has 1 aromatic heterocycles. The first-order chi connectivity index (χ1) is 17.3. The van der Waals surface area contributed by atoms with Gasteiger partial charge in [0, 0.05) is 28.2 Å². The molecule has 2 aromatic carbocycles. The summed E-state index contributed by atoms with van der Waals surface area (Å²) in [5.74, 6) is -1.29. The van der Waals surface area contributed by atoms with E-state index in [-0.39, 0.29) is 24.2 Å². The van der Waals surface area contributed by atoms with E-state index < -0.39 is 41.6 Å². The van der Waals surface area contributed by atoms with Crippen molar-refractivity contribution in [1.29, 1.82) is 0 Å². The Hall–Kier alpha value is -3.40. The number of carbonyl (C=O) groups is 2. The number of H-pyrrole nitrogens is 1. The third-order valence-electron chi connectivity index (χ3n) is 5.73. The highest BCUT2D eigenvalue weighted by Gasteiger charge is 2.41. The molecule has 1 aliphatic rings. The number of benzene rings is 2. The fourth-order valence-electron chi connectivity index (χ4n) is 3.79. The second-order valence-electron chi connectivity index (χ2n) is 8.07. The summed E-state index contributed by atoms with van der Waals surface area (Å²) in [7, 11) is 0. The first-order valence-corrected chi connectivity index (χ1v) is 11.9. The Morgan fingerprint density at radius 3 is 2.17 bits per heavy atom. The molecule has 3 aromatic rings. The zero-order valence-electron chi connectivity index (χ0n) is 19.1. The highest BCUT2D eigenvalue weighted by atomic mass is 35.5. The van der Waals surface area contributed by atoms with Gasteiger partial charge in [-0.25, -0.2) is 19.0 Å². The number of aromatic amines is 1. The van der Waals surface area contributed by atoms with E-state index in [1.807, 2.05) is 0 Å². The van der Waals surface area contributed by atoms with Crippen LogP contribution in [0.1, 0.15) is 45.9 Å². The van der Waals surface area contributed by atoms with E-state index in [2.05, 4.69) is 4.98 Å². The monoisotopic (exact) mass is 532 g/mol. The van der Waals surface area contributed by atoms with Crippen LogP contribution < -0.4 is 11.2 Å². The maximum absolute atomic E-state index is 12.8. The Bertz CT molecular complexity index is 1370. The average molecular weight is 533 g/mol. The summed E-state index contributed by atoms with van der Waals surface area (Å²) in [6.45, 7) is 1.50. The fraction of sp³-hybridized carbons (Fsp3) is 0.280. The number of aromatic nitrogens is 2. The SMILES string of the molecule is CCc1c[nH]c(=O)n([C@H]2CC(OC(=O)c3ccc(Cl)cc3)C(COC(=O)c3ccc(Cl)cc3)O2)c1=O. The van der Waals surface area contributed by atoms with Gasteiger partial charge in [-0.2, -0.15) is 0 Å². The number of ether oxygens (including phenoxy) is 3. The lowest BCUT2D eigenvalue weighted by Crippen LogP contribution is -2.39. The van der Waals surface area contributed by atoms with Gasteiger partial charge in [-0.3, -0.25) is 4.79 Å². The molecule has 0 saturated carbocycles. The van der Waals surface area contributed by atoms with Gasteiger partial charge in [-0.15, -0.1) is 0 Å². The molecule has 188 valence electrons. The van der Waals surface area contributed by atoms with E-state index in [4.69, 9.17) is 37.4 Å². The molecule has 2 unspecified atom stereocenters. The second kappa shape index (κ2) is 11.1. The van der Waals surface area contributed by atoms with Crippen LogP contribution in [0.2, 0.25) is 10.0 Å². The van der Waals surface area contributed by atoms with Crippen molar-refractivity contribution in [3.8, 4) is 0 Å². The molecule has 4 rings (SSSR count). The van der Waals surface area contributed by atoms with E-state index in [1.165, 1.54) is 30.5 Å². The van der Waals surface area contributed by atoms with Crippen LogP contribution in [-0.2, 0) is 20.6 Å². The number of aryl methyl sites for hydroxylation is 1. The molecule has 0 radical (unpaired) electrons. The summed E-state index contributed by atoms with van der Waals surface area (Å²) < 4.78 is 17.9. The van der Waals surface area contributed by atoms with E-state index in [0.717, 1.165) is 4.57 Å². The Morgan fingerprint density at radius 2 is 1.58 bits per heavy atom. The van der Waals surface area contributed by atoms with Crippen molar-refractivity contribution in [2.75, 3.05) is 6.61 Å². The predicted molar refractivity (Wildman–Crippen MR) is 132 cm³/mol. The first-order valence-electron chi connectivity index (χ1n) is 11.1. The summed E-state index contributed by atoms with van der Waals surface area (Å²) in [6.07, 6.45) is -1.11. The van der Waals surface area contributed by atoms with Gasteiger partial charge in [0.2, 0.25) is 0 Å². The summed E-state index contributed by atoms with van der Waals surface area (Å²) in [5.41, 5.74) is -0.253. The number of nitrogens with one attached hydrogen (secondary N) is 1. The van der Waals surface area contributed by atoms with Crippen molar-refractivity contribution in [3.05, 3.63) is 102 Å². The molecular formula is C25H22Cl2N2O7. The van der Waals surface area contributed by atoms with Gasteiger partial charge in [0.15, 0.2) is 0 Å². The first kappa shape index (κ1) is 25.7. The second-order valence-corrected chi connectivity index (χ2v) is 8.94. The molecule has 36 heavy (non-hydrogen) atoms. The molecule has 0 bridgehead atoms. The van der Waals surface area contributed by atoms with Crippen molar-refractivity contribution in [3.63, 3.8) is 0 Å². The number of nitrogens with zero attached hydrogens (tertiary/aromatic N) is 1. The average Bonchev–Trinajstić information content (AvgIpc) is 3.25. The Balaban J connectivity index is 1.56. The molecule has 0 aliphatic carbocycles. The molecule has 2 heterocycles. The molecular weight excluding hydrogens is 511 g/mol. The molecule has 3 atom stereocenters. The standard InChI is InChI=1S/C25H22Cl2N2O7/c1-2-14-12-28-25(33)29(22(14)30)21-11-19(36-24(32)16-5-9-18(27)10-6-16)20(35-21)13-34-23(31)15-3-7-17(26)8-4-15/h3-10,12,19-21H,2,11,13H2,1H3,(H,28,33)/t19?,20?,21-/m1/s1. The van der Waals surface area contributed by atoms with Gasteiger partial charge in [0.1, 0.15) is 25.0 Å². The molecule has 0 amide bonds. The number of hydrogen-bond donors (Lipinski definition) is 1. The minimum Gasteiger partial charge on any atom is -0.459 e. The molecule has 1 aliphatic heterocycles. The summed E-state index contributed by atoms with van der Waals surface area (Å²) in [6, 6.07) is 12.2. The zero-order chi connectivity index (χ0) is 25.8. The van der Waals surface area contributed by atoms with Crippen molar-refractivity contribution >= 4 is 35.1 Å². The van der Waals surface area contributed by atoms with Crippen molar-refractivity contribution < 1.29 is 23.8 Å². The van der Waals surface area contributed by atoms with Crippen molar-refractivity contribution in [2.45, 2.75) is 38.2 Å². The number of halogens is 2. The normalized spacial score (nSPS) is 19.1. The van der Waals surface area contributed by atoms with Crippen LogP contribution in [0.25, 0.3) is 0 Å². The van der Waals surface area contributed by atoms with Crippen molar-refractivity contribution in [2.24, 2.45) is 0 Å². The van der Waals surface area contributed by atoms with Gasteiger partial charge in [0.25, 0.3) is 5.56 Å². The fourth-order valence-corrected chi connectivity index (χ4v) is 4.04. The van der Waals surface area contributed by atoms with Gasteiger partial charge in [0.05, 0.1) is 11.1 Å². The lowest BCUT2D eigenvalue weighted by Gasteiger charge is -2.19. The van der Waals surface area contributed by atoms with Gasteiger partial charge in [-0.1, -0.05) is 30.1 Å². The molecule has 1 saturated heterocycles. The highest BCUT2D eigenvalue weighted by molar-refractivity contribution is 6.31. The molecule has 9 nitrogen and oxygen atoms in total. The molecule has 1 fully saturated rings. The smallest absolute Gasteiger partial charge is 0.338 e. The number of rotatable bonds is 7. The van der Waals surface area contributed by atoms with Crippen LogP contribution in [0, 0.1) is 0 Å². The van der Waals surface area contributed by atoms with Crippen molar-refractivity contribution in [1.82, 2.24) is 9.55 Å².